The lowest BCUT2D eigenvalue weighted by Gasteiger charge is -2.09. The standard InChI is InChI=1S/C26H25N3O4/c1-16-13-17(2)15-18(14-16)19-8-5-9-21(25(19)32)27-28-24-20-7-3-4-10-22(20)29(26(24)33)12-6-11-23(30)31/h3-5,7-10,13-15,32-33H,6,11-12H2,1-2H3,(H,30,31). The molecule has 1 heterocycles. The Kier molecular flexibility index (Phi) is 6.13. The number of rotatable bonds is 7. The van der Waals surface area contributed by atoms with Crippen molar-refractivity contribution in [3.63, 3.8) is 0 Å². The maximum Gasteiger partial charge on any atom is 0.303 e. The number of benzene rings is 3. The van der Waals surface area contributed by atoms with Gasteiger partial charge in [-0.25, -0.2) is 0 Å². The number of aromatic nitrogens is 1. The number of azo groups is 1. The van der Waals surface area contributed by atoms with E-state index in [2.05, 4.69) is 16.3 Å². The van der Waals surface area contributed by atoms with E-state index in [1.165, 1.54) is 0 Å². The van der Waals surface area contributed by atoms with Crippen LogP contribution in [0.25, 0.3) is 22.0 Å². The first-order chi connectivity index (χ1) is 15.8. The van der Waals surface area contributed by atoms with E-state index in [0.717, 1.165) is 22.2 Å². The van der Waals surface area contributed by atoms with Crippen LogP contribution in [0, 0.1) is 13.8 Å². The normalized spacial score (nSPS) is 11.5. The Hall–Kier alpha value is -4.13. The summed E-state index contributed by atoms with van der Waals surface area (Å²) in [5, 5.41) is 39.8. The van der Waals surface area contributed by atoms with E-state index in [0.29, 0.717) is 23.9 Å². The second-order valence-electron chi connectivity index (χ2n) is 8.09. The molecule has 3 N–H and O–H groups in total. The first kappa shape index (κ1) is 22.1. The third kappa shape index (κ3) is 4.57. The molecule has 0 radical (unpaired) electrons. The Morgan fingerprint density at radius 2 is 1.67 bits per heavy atom. The number of phenols is 1. The summed E-state index contributed by atoms with van der Waals surface area (Å²) in [4.78, 5) is 10.9. The molecule has 0 amide bonds. The highest BCUT2D eigenvalue weighted by Crippen LogP contribution is 2.42. The van der Waals surface area contributed by atoms with Gasteiger partial charge in [0.15, 0.2) is 11.4 Å². The fraction of sp³-hybridized carbons (Fsp3) is 0.192. The topological polar surface area (TPSA) is 107 Å². The second-order valence-corrected chi connectivity index (χ2v) is 8.09. The lowest BCUT2D eigenvalue weighted by Crippen LogP contribution is -2.01. The molecule has 0 spiro atoms. The van der Waals surface area contributed by atoms with Gasteiger partial charge in [0.2, 0.25) is 5.88 Å². The number of hydrogen-bond donors (Lipinski definition) is 3. The van der Waals surface area contributed by atoms with Gasteiger partial charge in [0, 0.05) is 23.9 Å². The quantitative estimate of drug-likeness (QED) is 0.279. The second kappa shape index (κ2) is 9.16. The van der Waals surface area contributed by atoms with Crippen LogP contribution in [0.5, 0.6) is 11.6 Å². The van der Waals surface area contributed by atoms with Gasteiger partial charge in [-0.05, 0) is 38.0 Å². The van der Waals surface area contributed by atoms with Crippen molar-refractivity contribution in [3.8, 4) is 22.8 Å². The minimum absolute atomic E-state index is 0.00188. The molecule has 7 nitrogen and oxygen atoms in total. The van der Waals surface area contributed by atoms with Crippen molar-refractivity contribution in [1.29, 1.82) is 0 Å². The Labute approximate surface area is 191 Å². The molecule has 0 aliphatic carbocycles. The number of aryl methyl sites for hydroxylation is 3. The average molecular weight is 444 g/mol. The minimum atomic E-state index is -0.884. The molecule has 0 fully saturated rings. The van der Waals surface area contributed by atoms with E-state index in [1.807, 2.05) is 56.3 Å². The highest BCUT2D eigenvalue weighted by molar-refractivity contribution is 5.95. The summed E-state index contributed by atoms with van der Waals surface area (Å²) in [5.41, 5.74) is 5.03. The summed E-state index contributed by atoms with van der Waals surface area (Å²) in [6.45, 7) is 4.35. The molecule has 4 rings (SSSR count). The summed E-state index contributed by atoms with van der Waals surface area (Å²) in [6, 6.07) is 18.7. The number of phenolic OH excluding ortho intramolecular Hbond substituents is 1. The van der Waals surface area contributed by atoms with Crippen molar-refractivity contribution in [1.82, 2.24) is 4.57 Å². The number of fused-ring (bicyclic) bond motifs is 1. The zero-order chi connectivity index (χ0) is 23.5. The predicted octanol–water partition coefficient (Wildman–Crippen LogP) is 6.62. The minimum Gasteiger partial charge on any atom is -0.505 e. The number of carboxylic acid groups (broad SMARTS) is 1. The number of carboxylic acids is 1. The van der Waals surface area contributed by atoms with Crippen LogP contribution in [0.15, 0.2) is 70.9 Å². The fourth-order valence-electron chi connectivity index (χ4n) is 4.06. The van der Waals surface area contributed by atoms with Crippen LogP contribution in [0.4, 0.5) is 11.4 Å². The van der Waals surface area contributed by atoms with Crippen LogP contribution in [0.3, 0.4) is 0 Å². The predicted molar refractivity (Wildman–Crippen MR) is 128 cm³/mol. The Morgan fingerprint density at radius 1 is 0.939 bits per heavy atom. The zero-order valence-corrected chi connectivity index (χ0v) is 18.5. The van der Waals surface area contributed by atoms with Gasteiger partial charge in [-0.3, -0.25) is 4.79 Å². The first-order valence-corrected chi connectivity index (χ1v) is 10.7. The summed E-state index contributed by atoms with van der Waals surface area (Å²) in [6.07, 6.45) is 0.374. The Balaban J connectivity index is 1.72. The molecule has 1 aromatic heterocycles. The van der Waals surface area contributed by atoms with Crippen LogP contribution >= 0.6 is 0 Å². The van der Waals surface area contributed by atoms with Crippen molar-refractivity contribution < 1.29 is 20.1 Å². The van der Waals surface area contributed by atoms with Gasteiger partial charge in [-0.2, -0.15) is 0 Å². The molecule has 168 valence electrons. The molecule has 0 saturated carbocycles. The van der Waals surface area contributed by atoms with Crippen molar-refractivity contribution in [2.24, 2.45) is 10.2 Å². The molecule has 0 aliphatic heterocycles. The molecule has 33 heavy (non-hydrogen) atoms. The number of carbonyl (C=O) groups is 1. The van der Waals surface area contributed by atoms with Crippen molar-refractivity contribution >= 4 is 28.2 Å². The fourth-order valence-corrected chi connectivity index (χ4v) is 4.06. The van der Waals surface area contributed by atoms with Crippen LogP contribution in [-0.2, 0) is 11.3 Å². The van der Waals surface area contributed by atoms with Gasteiger partial charge in [0.05, 0.1) is 5.52 Å². The summed E-state index contributed by atoms with van der Waals surface area (Å²) in [7, 11) is 0. The molecular formula is C26H25N3O4. The van der Waals surface area contributed by atoms with Crippen molar-refractivity contribution in [2.45, 2.75) is 33.2 Å². The van der Waals surface area contributed by atoms with E-state index < -0.39 is 5.97 Å². The van der Waals surface area contributed by atoms with Crippen LogP contribution < -0.4 is 0 Å². The van der Waals surface area contributed by atoms with Crippen molar-refractivity contribution in [3.05, 3.63) is 71.8 Å². The molecular weight excluding hydrogens is 418 g/mol. The third-order valence-corrected chi connectivity index (χ3v) is 5.49. The lowest BCUT2D eigenvalue weighted by molar-refractivity contribution is -0.137. The van der Waals surface area contributed by atoms with E-state index in [-0.39, 0.29) is 29.4 Å². The molecule has 0 bridgehead atoms. The number of aromatic hydroxyl groups is 2. The van der Waals surface area contributed by atoms with Gasteiger partial charge in [0.1, 0.15) is 5.69 Å². The number of nitrogens with zero attached hydrogens (tertiary/aromatic N) is 3. The summed E-state index contributed by atoms with van der Waals surface area (Å²) in [5.74, 6) is -0.962. The average Bonchev–Trinajstić information content (AvgIpc) is 3.03. The van der Waals surface area contributed by atoms with E-state index in [4.69, 9.17) is 5.11 Å². The SMILES string of the molecule is Cc1cc(C)cc(-c2cccc(N=Nc3c(O)n(CCCC(=O)O)c4ccccc34)c2O)c1. The maximum absolute atomic E-state index is 10.9. The number of para-hydroxylation sites is 2. The molecule has 0 unspecified atom stereocenters. The maximum atomic E-state index is 10.9. The monoisotopic (exact) mass is 443 g/mol. The van der Waals surface area contributed by atoms with Gasteiger partial charge >= 0.3 is 5.97 Å². The van der Waals surface area contributed by atoms with Crippen LogP contribution in [-0.4, -0.2) is 25.9 Å². The van der Waals surface area contributed by atoms with E-state index in [1.54, 1.807) is 16.7 Å². The highest BCUT2D eigenvalue weighted by atomic mass is 16.4. The molecule has 0 aliphatic rings. The molecule has 4 aromatic rings. The van der Waals surface area contributed by atoms with Gasteiger partial charge in [-0.15, -0.1) is 10.2 Å². The highest BCUT2D eigenvalue weighted by Gasteiger charge is 2.17. The van der Waals surface area contributed by atoms with E-state index >= 15 is 0 Å². The first-order valence-electron chi connectivity index (χ1n) is 10.7. The largest absolute Gasteiger partial charge is 0.505 e. The summed E-state index contributed by atoms with van der Waals surface area (Å²) < 4.78 is 1.64. The Morgan fingerprint density at radius 3 is 2.39 bits per heavy atom. The van der Waals surface area contributed by atoms with Gasteiger partial charge in [0.25, 0.3) is 0 Å². The van der Waals surface area contributed by atoms with E-state index in [9.17, 15) is 15.0 Å². The third-order valence-electron chi connectivity index (χ3n) is 5.49. The number of aliphatic carboxylic acids is 1. The summed E-state index contributed by atoms with van der Waals surface area (Å²) >= 11 is 0. The van der Waals surface area contributed by atoms with Crippen molar-refractivity contribution in [2.75, 3.05) is 0 Å². The molecule has 0 atom stereocenters. The lowest BCUT2D eigenvalue weighted by atomic mass is 9.99. The number of hydrogen-bond acceptors (Lipinski definition) is 5. The smallest absolute Gasteiger partial charge is 0.303 e. The molecule has 3 aromatic carbocycles. The van der Waals surface area contributed by atoms with Gasteiger partial charge in [-0.1, -0.05) is 59.7 Å². The van der Waals surface area contributed by atoms with Crippen LogP contribution in [0.1, 0.15) is 24.0 Å². The molecule has 7 heteroatoms. The molecule has 0 saturated heterocycles. The Bertz CT molecular complexity index is 1350. The zero-order valence-electron chi connectivity index (χ0n) is 18.5. The van der Waals surface area contributed by atoms with Gasteiger partial charge < -0.3 is 19.9 Å². The van der Waals surface area contributed by atoms with Crippen LogP contribution in [0.2, 0.25) is 0 Å².